The van der Waals surface area contributed by atoms with Crippen molar-refractivity contribution >= 4 is 17.6 Å². The molecule has 1 fully saturated rings. The van der Waals surface area contributed by atoms with Crippen LogP contribution in [0.2, 0.25) is 0 Å². The predicted octanol–water partition coefficient (Wildman–Crippen LogP) is 0.914. The van der Waals surface area contributed by atoms with Crippen molar-refractivity contribution in [3.05, 3.63) is 11.1 Å². The molecule has 4 nitrogen and oxygen atoms in total. The van der Waals surface area contributed by atoms with Gasteiger partial charge in [-0.3, -0.25) is 4.90 Å². The van der Waals surface area contributed by atoms with Gasteiger partial charge in [0, 0.05) is 25.2 Å². The van der Waals surface area contributed by atoms with Crippen molar-refractivity contribution in [1.82, 2.24) is 4.90 Å². The number of morpholine rings is 1. The Morgan fingerprint density at radius 2 is 2.50 bits per heavy atom. The van der Waals surface area contributed by atoms with E-state index in [1.165, 1.54) is 5.54 Å². The molecule has 1 heterocycles. The molecule has 1 saturated heterocycles. The summed E-state index contributed by atoms with van der Waals surface area (Å²) < 4.78 is 5.09. The zero-order valence-electron chi connectivity index (χ0n) is 8.07. The quantitative estimate of drug-likeness (QED) is 0.767. The van der Waals surface area contributed by atoms with E-state index in [-0.39, 0.29) is 0 Å². The van der Waals surface area contributed by atoms with Crippen LogP contribution in [0.1, 0.15) is 6.92 Å². The molecule has 0 radical (unpaired) electrons. The summed E-state index contributed by atoms with van der Waals surface area (Å²) in [4.78, 5) is 12.7. The molecule has 80 valence electrons. The van der Waals surface area contributed by atoms with Gasteiger partial charge in [0.25, 0.3) is 0 Å². The van der Waals surface area contributed by atoms with Gasteiger partial charge >= 0.3 is 5.97 Å². The lowest BCUT2D eigenvalue weighted by Crippen LogP contribution is -2.46. The fourth-order valence-electron chi connectivity index (χ4n) is 1.38. The first-order valence-electron chi connectivity index (χ1n) is 4.46. The second-order valence-corrected chi connectivity index (χ2v) is 3.61. The lowest BCUT2D eigenvalue weighted by Gasteiger charge is -2.30. The van der Waals surface area contributed by atoms with Gasteiger partial charge in [0.2, 0.25) is 0 Å². The van der Waals surface area contributed by atoms with Gasteiger partial charge in [-0.2, -0.15) is 0 Å². The van der Waals surface area contributed by atoms with E-state index in [2.05, 4.69) is 0 Å². The molecule has 5 heteroatoms. The van der Waals surface area contributed by atoms with Crippen LogP contribution in [0.5, 0.6) is 0 Å². The van der Waals surface area contributed by atoms with Gasteiger partial charge in [0.05, 0.1) is 6.61 Å². The fraction of sp³-hybridized carbons (Fsp3) is 0.667. The van der Waals surface area contributed by atoms with Crippen LogP contribution in [0.15, 0.2) is 11.1 Å². The third-order valence-electron chi connectivity index (χ3n) is 2.09. The van der Waals surface area contributed by atoms with E-state index < -0.39 is 12.1 Å². The van der Waals surface area contributed by atoms with Crippen LogP contribution >= 0.6 is 11.6 Å². The molecule has 0 aromatic rings. The molecule has 14 heavy (non-hydrogen) atoms. The van der Waals surface area contributed by atoms with Crippen LogP contribution in [0.3, 0.4) is 0 Å². The Morgan fingerprint density at radius 1 is 1.79 bits per heavy atom. The summed E-state index contributed by atoms with van der Waals surface area (Å²) in [6, 6.07) is 0. The second-order valence-electron chi connectivity index (χ2n) is 3.39. The van der Waals surface area contributed by atoms with Gasteiger partial charge in [-0.1, -0.05) is 11.6 Å². The minimum Gasteiger partial charge on any atom is -0.479 e. The number of carboxylic acid groups (broad SMARTS) is 1. The Bertz CT molecular complexity index is 242. The Morgan fingerprint density at radius 3 is 3.07 bits per heavy atom. The van der Waals surface area contributed by atoms with E-state index in [1.807, 2.05) is 11.8 Å². The summed E-state index contributed by atoms with van der Waals surface area (Å²) in [5.41, 5.74) is 2.54. The van der Waals surface area contributed by atoms with Crippen molar-refractivity contribution < 1.29 is 14.6 Å². The first kappa shape index (κ1) is 11.5. The van der Waals surface area contributed by atoms with Gasteiger partial charge in [-0.25, -0.2) is 4.79 Å². The molecular weight excluding hydrogens is 206 g/mol. The molecule has 0 spiro atoms. The third-order valence-corrected chi connectivity index (χ3v) is 2.46. The summed E-state index contributed by atoms with van der Waals surface area (Å²) in [6.45, 7) is 4.27. The van der Waals surface area contributed by atoms with Gasteiger partial charge in [-0.15, -0.1) is 0 Å². The molecule has 0 aromatic carbocycles. The topological polar surface area (TPSA) is 49.8 Å². The first-order chi connectivity index (χ1) is 6.63. The van der Waals surface area contributed by atoms with Crippen LogP contribution in [0, 0.1) is 0 Å². The Hall–Kier alpha value is -0.580. The molecular formula is C9H14ClNO3. The van der Waals surface area contributed by atoms with Crippen LogP contribution in [-0.2, 0) is 9.53 Å². The highest BCUT2D eigenvalue weighted by Gasteiger charge is 2.25. The Labute approximate surface area is 88.1 Å². The standard InChI is InChI=1S/C9H14ClNO3/c1-7(4-10)5-11-2-3-14-8(6-11)9(12)13/h4,8H,2-3,5-6H2,1H3,(H,12,13)/b7-4+. The van der Waals surface area contributed by atoms with E-state index in [4.69, 9.17) is 21.4 Å². The maximum Gasteiger partial charge on any atom is 0.334 e. The molecule has 0 aliphatic carbocycles. The Kier molecular flexibility index (Phi) is 4.38. The maximum atomic E-state index is 10.7. The zero-order chi connectivity index (χ0) is 10.6. The number of hydrogen-bond acceptors (Lipinski definition) is 3. The third kappa shape index (κ3) is 3.29. The van der Waals surface area contributed by atoms with E-state index in [0.717, 1.165) is 12.1 Å². The normalized spacial score (nSPS) is 25.0. The van der Waals surface area contributed by atoms with Gasteiger partial charge in [0.1, 0.15) is 0 Å². The van der Waals surface area contributed by atoms with Crippen molar-refractivity contribution in [2.24, 2.45) is 0 Å². The summed E-state index contributed by atoms with van der Waals surface area (Å²) >= 11 is 5.53. The van der Waals surface area contributed by atoms with Crippen LogP contribution in [0.25, 0.3) is 0 Å². The number of ether oxygens (including phenoxy) is 1. The SMILES string of the molecule is C/C(=C\Cl)CN1CCOC(C(=O)O)C1. The highest BCUT2D eigenvalue weighted by molar-refractivity contribution is 6.25. The number of halogens is 1. The van der Waals surface area contributed by atoms with Crippen molar-refractivity contribution in [3.8, 4) is 0 Å². The number of carbonyl (C=O) groups is 1. The highest BCUT2D eigenvalue weighted by Crippen LogP contribution is 2.08. The summed E-state index contributed by atoms with van der Waals surface area (Å²) in [5.74, 6) is -0.901. The van der Waals surface area contributed by atoms with Crippen molar-refractivity contribution in [3.63, 3.8) is 0 Å². The van der Waals surface area contributed by atoms with Crippen LogP contribution in [-0.4, -0.2) is 48.3 Å². The average Bonchev–Trinajstić information content (AvgIpc) is 2.18. The van der Waals surface area contributed by atoms with Gasteiger partial charge in [-0.05, 0) is 12.5 Å². The molecule has 0 saturated carbocycles. The summed E-state index contributed by atoms with van der Waals surface area (Å²) in [7, 11) is 0. The van der Waals surface area contributed by atoms with Crippen molar-refractivity contribution in [1.29, 1.82) is 0 Å². The summed E-state index contributed by atoms with van der Waals surface area (Å²) in [6.07, 6.45) is -0.702. The van der Waals surface area contributed by atoms with E-state index in [0.29, 0.717) is 19.7 Å². The van der Waals surface area contributed by atoms with Gasteiger partial charge in [0.15, 0.2) is 6.10 Å². The largest absolute Gasteiger partial charge is 0.479 e. The molecule has 1 atom stereocenters. The number of hydrogen-bond donors (Lipinski definition) is 1. The fourth-order valence-corrected chi connectivity index (χ4v) is 1.45. The number of aliphatic carboxylic acids is 1. The first-order valence-corrected chi connectivity index (χ1v) is 4.89. The lowest BCUT2D eigenvalue weighted by molar-refractivity contribution is -0.155. The molecule has 1 aliphatic heterocycles. The monoisotopic (exact) mass is 219 g/mol. The molecule has 1 unspecified atom stereocenters. The lowest BCUT2D eigenvalue weighted by atomic mass is 10.2. The van der Waals surface area contributed by atoms with E-state index in [1.54, 1.807) is 0 Å². The van der Waals surface area contributed by atoms with Gasteiger partial charge < -0.3 is 9.84 Å². The molecule has 0 bridgehead atoms. The van der Waals surface area contributed by atoms with Crippen molar-refractivity contribution in [2.75, 3.05) is 26.2 Å². The van der Waals surface area contributed by atoms with Crippen LogP contribution in [0.4, 0.5) is 0 Å². The maximum absolute atomic E-state index is 10.7. The highest BCUT2D eigenvalue weighted by atomic mass is 35.5. The van der Waals surface area contributed by atoms with Crippen LogP contribution < -0.4 is 0 Å². The second kappa shape index (κ2) is 5.34. The smallest absolute Gasteiger partial charge is 0.334 e. The number of carboxylic acids is 1. The molecule has 0 aromatic heterocycles. The molecule has 1 N–H and O–H groups in total. The zero-order valence-corrected chi connectivity index (χ0v) is 8.83. The Balaban J connectivity index is 2.44. The average molecular weight is 220 g/mol. The molecule has 1 aliphatic rings. The van der Waals surface area contributed by atoms with Crippen molar-refractivity contribution in [2.45, 2.75) is 13.0 Å². The predicted molar refractivity (Wildman–Crippen MR) is 53.4 cm³/mol. The summed E-state index contributed by atoms with van der Waals surface area (Å²) in [5, 5.41) is 8.75. The van der Waals surface area contributed by atoms with E-state index in [9.17, 15) is 4.79 Å². The molecule has 0 amide bonds. The minimum atomic E-state index is -0.901. The number of rotatable bonds is 3. The molecule has 1 rings (SSSR count). The number of nitrogens with zero attached hydrogens (tertiary/aromatic N) is 1. The van der Waals surface area contributed by atoms with E-state index >= 15 is 0 Å². The minimum absolute atomic E-state index is 0.428.